The summed E-state index contributed by atoms with van der Waals surface area (Å²) in [5.74, 6) is 2.33. The Labute approximate surface area is 99.5 Å². The van der Waals surface area contributed by atoms with Crippen LogP contribution < -0.4 is 10.6 Å². The van der Waals surface area contributed by atoms with Crippen molar-refractivity contribution < 1.29 is 4.52 Å². The molecule has 0 saturated carbocycles. The maximum Gasteiger partial charge on any atom is 0.228 e. The van der Waals surface area contributed by atoms with E-state index in [9.17, 15) is 0 Å². The molecule has 2 aromatic rings. The van der Waals surface area contributed by atoms with Crippen LogP contribution in [-0.4, -0.2) is 28.2 Å². The molecule has 6 nitrogen and oxygen atoms in total. The Morgan fingerprint density at radius 1 is 1.24 bits per heavy atom. The second kappa shape index (κ2) is 5.83. The largest absolute Gasteiger partial charge is 0.370 e. The van der Waals surface area contributed by atoms with Gasteiger partial charge in [0.2, 0.25) is 5.89 Å². The van der Waals surface area contributed by atoms with Crippen LogP contribution >= 0.6 is 0 Å². The van der Waals surface area contributed by atoms with Gasteiger partial charge in [-0.15, -0.1) is 0 Å². The van der Waals surface area contributed by atoms with Gasteiger partial charge in [0, 0.05) is 19.5 Å². The minimum Gasteiger partial charge on any atom is -0.370 e. The number of anilines is 2. The molecular weight excluding hydrogens is 218 g/mol. The van der Waals surface area contributed by atoms with E-state index in [-0.39, 0.29) is 0 Å². The molecular formula is C11H15N5O. The van der Waals surface area contributed by atoms with Crippen LogP contribution in [0.15, 0.2) is 29.0 Å². The average Bonchev–Trinajstić information content (AvgIpc) is 2.83. The van der Waals surface area contributed by atoms with E-state index in [1.54, 1.807) is 0 Å². The first-order valence-corrected chi connectivity index (χ1v) is 5.59. The van der Waals surface area contributed by atoms with E-state index in [2.05, 4.69) is 25.8 Å². The number of hydrogen-bond acceptors (Lipinski definition) is 6. The molecule has 0 radical (unpaired) electrons. The SMILES string of the molecule is CCNc1cccc(NCCc2ncno2)n1. The Kier molecular flexibility index (Phi) is 3.90. The lowest BCUT2D eigenvalue weighted by Gasteiger charge is -2.06. The van der Waals surface area contributed by atoms with E-state index in [0.29, 0.717) is 18.9 Å². The molecule has 0 aliphatic heterocycles. The normalized spacial score (nSPS) is 10.2. The summed E-state index contributed by atoms with van der Waals surface area (Å²) < 4.78 is 4.90. The van der Waals surface area contributed by atoms with Gasteiger partial charge in [-0.05, 0) is 19.1 Å². The summed E-state index contributed by atoms with van der Waals surface area (Å²) in [6.07, 6.45) is 2.09. The molecule has 0 amide bonds. The molecule has 0 aromatic carbocycles. The summed E-state index contributed by atoms with van der Waals surface area (Å²) in [6, 6.07) is 5.82. The van der Waals surface area contributed by atoms with Crippen molar-refractivity contribution >= 4 is 11.6 Å². The number of nitrogens with one attached hydrogen (secondary N) is 2. The van der Waals surface area contributed by atoms with Crippen molar-refractivity contribution in [1.29, 1.82) is 0 Å². The van der Waals surface area contributed by atoms with Crippen LogP contribution in [0.1, 0.15) is 12.8 Å². The maximum absolute atomic E-state index is 4.90. The molecule has 2 heterocycles. The summed E-state index contributed by atoms with van der Waals surface area (Å²) in [5.41, 5.74) is 0. The zero-order chi connectivity index (χ0) is 11.9. The van der Waals surface area contributed by atoms with Gasteiger partial charge in [0.25, 0.3) is 0 Å². The van der Waals surface area contributed by atoms with Gasteiger partial charge < -0.3 is 15.2 Å². The summed E-state index contributed by atoms with van der Waals surface area (Å²) >= 11 is 0. The molecule has 6 heteroatoms. The van der Waals surface area contributed by atoms with E-state index in [0.717, 1.165) is 18.2 Å². The van der Waals surface area contributed by atoms with Gasteiger partial charge in [0.05, 0.1) is 0 Å². The number of hydrogen-bond donors (Lipinski definition) is 2. The lowest BCUT2D eigenvalue weighted by atomic mass is 10.4. The fourth-order valence-electron chi connectivity index (χ4n) is 1.42. The van der Waals surface area contributed by atoms with Crippen LogP contribution in [0.4, 0.5) is 11.6 Å². The molecule has 0 fully saturated rings. The second-order valence-electron chi connectivity index (χ2n) is 3.45. The Hall–Kier alpha value is -2.11. The molecule has 0 atom stereocenters. The summed E-state index contributed by atoms with van der Waals surface area (Å²) in [7, 11) is 0. The Morgan fingerprint density at radius 3 is 2.76 bits per heavy atom. The maximum atomic E-state index is 4.90. The van der Waals surface area contributed by atoms with Gasteiger partial charge >= 0.3 is 0 Å². The van der Waals surface area contributed by atoms with Crippen LogP contribution in [0.3, 0.4) is 0 Å². The van der Waals surface area contributed by atoms with Crippen molar-refractivity contribution in [3.8, 4) is 0 Å². The summed E-state index contributed by atoms with van der Waals surface area (Å²) in [4.78, 5) is 8.34. The first-order chi connectivity index (χ1) is 8.38. The van der Waals surface area contributed by atoms with Crippen LogP contribution in [0, 0.1) is 0 Å². The van der Waals surface area contributed by atoms with E-state index >= 15 is 0 Å². The molecule has 0 aliphatic rings. The molecule has 0 spiro atoms. The third-order valence-corrected chi connectivity index (χ3v) is 2.16. The lowest BCUT2D eigenvalue weighted by Crippen LogP contribution is -2.07. The van der Waals surface area contributed by atoms with Gasteiger partial charge in [-0.1, -0.05) is 11.2 Å². The molecule has 2 rings (SSSR count). The molecule has 2 N–H and O–H groups in total. The smallest absolute Gasteiger partial charge is 0.228 e. The molecule has 90 valence electrons. The van der Waals surface area contributed by atoms with E-state index in [1.807, 2.05) is 25.1 Å². The minimum absolute atomic E-state index is 0.625. The number of pyridine rings is 1. The fourth-order valence-corrected chi connectivity index (χ4v) is 1.42. The molecule has 0 saturated heterocycles. The minimum atomic E-state index is 0.625. The zero-order valence-electron chi connectivity index (χ0n) is 9.68. The van der Waals surface area contributed by atoms with E-state index < -0.39 is 0 Å². The van der Waals surface area contributed by atoms with Gasteiger partial charge in [0.15, 0.2) is 6.33 Å². The highest BCUT2D eigenvalue weighted by molar-refractivity contribution is 5.44. The predicted octanol–water partition coefficient (Wildman–Crippen LogP) is 1.55. The van der Waals surface area contributed by atoms with Crippen molar-refractivity contribution in [3.05, 3.63) is 30.4 Å². The number of rotatable bonds is 6. The zero-order valence-corrected chi connectivity index (χ0v) is 9.68. The molecule has 0 unspecified atom stereocenters. The average molecular weight is 233 g/mol. The third-order valence-electron chi connectivity index (χ3n) is 2.16. The van der Waals surface area contributed by atoms with Crippen molar-refractivity contribution in [2.45, 2.75) is 13.3 Å². The summed E-state index contributed by atoms with van der Waals surface area (Å²) in [5, 5.41) is 9.91. The van der Waals surface area contributed by atoms with Crippen LogP contribution in [0.2, 0.25) is 0 Å². The van der Waals surface area contributed by atoms with Crippen LogP contribution in [0.5, 0.6) is 0 Å². The topological polar surface area (TPSA) is 75.9 Å². The Morgan fingerprint density at radius 2 is 2.06 bits per heavy atom. The molecule has 0 bridgehead atoms. The van der Waals surface area contributed by atoms with Crippen LogP contribution in [-0.2, 0) is 6.42 Å². The predicted molar refractivity (Wildman–Crippen MR) is 64.9 cm³/mol. The second-order valence-corrected chi connectivity index (χ2v) is 3.45. The molecule has 0 aliphatic carbocycles. The summed E-state index contributed by atoms with van der Waals surface area (Å²) in [6.45, 7) is 3.61. The highest BCUT2D eigenvalue weighted by Crippen LogP contribution is 2.08. The van der Waals surface area contributed by atoms with Crippen molar-refractivity contribution in [2.75, 3.05) is 23.7 Å². The monoisotopic (exact) mass is 233 g/mol. The van der Waals surface area contributed by atoms with Gasteiger partial charge in [-0.3, -0.25) is 0 Å². The molecule has 17 heavy (non-hydrogen) atoms. The standard InChI is InChI=1S/C11H15N5O/c1-2-12-9-4-3-5-10(16-9)13-7-6-11-14-8-15-17-11/h3-5,8H,2,6-7H2,1H3,(H2,12,13,16). The highest BCUT2D eigenvalue weighted by atomic mass is 16.5. The number of aromatic nitrogens is 3. The first-order valence-electron chi connectivity index (χ1n) is 5.59. The molecule has 2 aromatic heterocycles. The van der Waals surface area contributed by atoms with E-state index in [4.69, 9.17) is 4.52 Å². The van der Waals surface area contributed by atoms with Crippen molar-refractivity contribution in [3.63, 3.8) is 0 Å². The van der Waals surface area contributed by atoms with Gasteiger partial charge in [0.1, 0.15) is 11.6 Å². The van der Waals surface area contributed by atoms with Crippen molar-refractivity contribution in [2.24, 2.45) is 0 Å². The first kappa shape index (κ1) is 11.4. The third kappa shape index (κ3) is 3.44. The Balaban J connectivity index is 1.84. The fraction of sp³-hybridized carbons (Fsp3) is 0.364. The quantitative estimate of drug-likeness (QED) is 0.788. The Bertz CT molecular complexity index is 443. The highest BCUT2D eigenvalue weighted by Gasteiger charge is 2.00. The van der Waals surface area contributed by atoms with E-state index in [1.165, 1.54) is 6.33 Å². The van der Waals surface area contributed by atoms with Gasteiger partial charge in [-0.2, -0.15) is 4.98 Å². The number of nitrogens with zero attached hydrogens (tertiary/aromatic N) is 3. The lowest BCUT2D eigenvalue weighted by molar-refractivity contribution is 0.379. The van der Waals surface area contributed by atoms with Gasteiger partial charge in [-0.25, -0.2) is 4.98 Å². The van der Waals surface area contributed by atoms with Crippen LogP contribution in [0.25, 0.3) is 0 Å². The van der Waals surface area contributed by atoms with Crippen molar-refractivity contribution in [1.82, 2.24) is 15.1 Å².